The summed E-state index contributed by atoms with van der Waals surface area (Å²) in [5.41, 5.74) is 1.65. The fourth-order valence-electron chi connectivity index (χ4n) is 1.50. The van der Waals surface area contributed by atoms with Gasteiger partial charge in [-0.25, -0.2) is 4.79 Å². The highest BCUT2D eigenvalue weighted by Crippen LogP contribution is 1.96. The Morgan fingerprint density at radius 2 is 0.955 bits per heavy atom. The largest absolute Gasteiger partial charge is 0.478 e. The van der Waals surface area contributed by atoms with Crippen LogP contribution in [0.25, 0.3) is 0 Å². The molecule has 0 fully saturated rings. The first-order valence-electron chi connectivity index (χ1n) is 7.00. The van der Waals surface area contributed by atoms with Gasteiger partial charge in [0.15, 0.2) is 0 Å². The average Bonchev–Trinajstić information content (AvgIpc) is 2.59. The van der Waals surface area contributed by atoms with Crippen LogP contribution < -0.4 is 0 Å². The van der Waals surface area contributed by atoms with Crippen LogP contribution in [0.3, 0.4) is 0 Å². The number of carboxylic acids is 1. The van der Waals surface area contributed by atoms with Gasteiger partial charge < -0.3 is 5.11 Å². The summed E-state index contributed by atoms with van der Waals surface area (Å²) in [6.45, 7) is 2.08. The summed E-state index contributed by atoms with van der Waals surface area (Å²) < 4.78 is 0. The van der Waals surface area contributed by atoms with Gasteiger partial charge >= 0.3 is 5.97 Å². The third-order valence-corrected chi connectivity index (χ3v) is 2.63. The van der Waals surface area contributed by atoms with Gasteiger partial charge in [-0.05, 0) is 19.1 Å². The molecule has 1 N–H and O–H groups in total. The van der Waals surface area contributed by atoms with E-state index < -0.39 is 5.97 Å². The summed E-state index contributed by atoms with van der Waals surface area (Å²) in [5, 5.41) is 8.38. The van der Waals surface area contributed by atoms with E-state index in [9.17, 15) is 4.79 Å². The molecule has 0 amide bonds. The molecule has 0 radical (unpaired) electrons. The first-order chi connectivity index (χ1) is 10.7. The first-order valence-corrected chi connectivity index (χ1v) is 7.00. The molecular weight excluding hydrogens is 272 g/mol. The van der Waals surface area contributed by atoms with Gasteiger partial charge in [0.25, 0.3) is 0 Å². The van der Waals surface area contributed by atoms with Crippen molar-refractivity contribution in [2.75, 3.05) is 0 Å². The van der Waals surface area contributed by atoms with Gasteiger partial charge in [0, 0.05) is 0 Å². The van der Waals surface area contributed by atoms with Crippen molar-refractivity contribution in [1.29, 1.82) is 0 Å². The Morgan fingerprint density at radius 1 is 0.636 bits per heavy atom. The normalized spacial score (nSPS) is 8.59. The van der Waals surface area contributed by atoms with Crippen molar-refractivity contribution in [3.05, 3.63) is 108 Å². The number of hydrogen-bond donors (Lipinski definition) is 1. The highest BCUT2D eigenvalue weighted by atomic mass is 16.4. The third-order valence-electron chi connectivity index (χ3n) is 2.63. The molecule has 3 aromatic carbocycles. The van der Waals surface area contributed by atoms with Crippen LogP contribution >= 0.6 is 0 Å². The molecule has 0 atom stereocenters. The molecule has 3 aromatic rings. The smallest absolute Gasteiger partial charge is 0.335 e. The molecule has 0 saturated heterocycles. The second-order valence-electron chi connectivity index (χ2n) is 4.48. The van der Waals surface area contributed by atoms with Crippen molar-refractivity contribution in [1.82, 2.24) is 0 Å². The zero-order chi connectivity index (χ0) is 16.0. The summed E-state index contributed by atoms with van der Waals surface area (Å²) >= 11 is 0. The van der Waals surface area contributed by atoms with E-state index in [4.69, 9.17) is 5.11 Å². The van der Waals surface area contributed by atoms with Gasteiger partial charge in [0.1, 0.15) is 0 Å². The molecular formula is C20H20O2. The van der Waals surface area contributed by atoms with E-state index in [1.165, 1.54) is 5.56 Å². The van der Waals surface area contributed by atoms with Crippen LogP contribution in [0.4, 0.5) is 0 Å². The predicted octanol–water partition coefficient (Wildman–Crippen LogP) is 5.07. The maximum atomic E-state index is 10.2. The number of benzene rings is 3. The molecule has 0 bridgehead atoms. The van der Waals surface area contributed by atoms with E-state index >= 15 is 0 Å². The molecule has 0 aliphatic rings. The number of hydrogen-bond acceptors (Lipinski definition) is 1. The molecule has 2 nitrogen and oxygen atoms in total. The summed E-state index contributed by atoms with van der Waals surface area (Å²) in [5.74, 6) is -0.879. The van der Waals surface area contributed by atoms with Gasteiger partial charge in [-0.15, -0.1) is 0 Å². The van der Waals surface area contributed by atoms with Crippen LogP contribution in [0.15, 0.2) is 97.1 Å². The number of rotatable bonds is 1. The molecule has 0 aliphatic carbocycles. The number of carbonyl (C=O) groups is 1. The Kier molecular flexibility index (Phi) is 8.48. The maximum Gasteiger partial charge on any atom is 0.335 e. The van der Waals surface area contributed by atoms with Gasteiger partial charge in [-0.1, -0.05) is 90.5 Å². The SMILES string of the molecule is Cc1ccccc1.O=C(O)c1ccccc1.c1ccccc1. The van der Waals surface area contributed by atoms with Crippen LogP contribution in [0.5, 0.6) is 0 Å². The minimum Gasteiger partial charge on any atom is -0.478 e. The molecule has 0 aromatic heterocycles. The van der Waals surface area contributed by atoms with Gasteiger partial charge in [0.2, 0.25) is 0 Å². The first kappa shape index (κ1) is 17.2. The summed E-state index contributed by atoms with van der Waals surface area (Å²) in [6.07, 6.45) is 0. The lowest BCUT2D eigenvalue weighted by Crippen LogP contribution is -1.93. The van der Waals surface area contributed by atoms with E-state index in [2.05, 4.69) is 19.1 Å². The molecule has 22 heavy (non-hydrogen) atoms. The van der Waals surface area contributed by atoms with E-state index in [1.54, 1.807) is 30.3 Å². The van der Waals surface area contributed by atoms with Crippen LogP contribution in [-0.4, -0.2) is 11.1 Å². The Morgan fingerprint density at radius 3 is 1.18 bits per heavy atom. The highest BCUT2D eigenvalue weighted by molar-refractivity contribution is 5.87. The van der Waals surface area contributed by atoms with E-state index in [0.29, 0.717) is 5.56 Å². The Labute approximate surface area is 131 Å². The summed E-state index contributed by atoms with van der Waals surface area (Å²) in [6, 6.07) is 30.6. The van der Waals surface area contributed by atoms with E-state index in [-0.39, 0.29) is 0 Å². The van der Waals surface area contributed by atoms with Crippen molar-refractivity contribution in [2.45, 2.75) is 6.92 Å². The second kappa shape index (κ2) is 10.9. The highest BCUT2D eigenvalue weighted by Gasteiger charge is 1.96. The monoisotopic (exact) mass is 292 g/mol. The van der Waals surface area contributed by atoms with Gasteiger partial charge in [-0.2, -0.15) is 0 Å². The minimum atomic E-state index is -0.879. The van der Waals surface area contributed by atoms with E-state index in [1.807, 2.05) is 54.6 Å². The lowest BCUT2D eigenvalue weighted by Gasteiger charge is -1.88. The standard InChI is InChI=1S/C7H6O2.C7H8.C6H6/c8-7(9)6-4-2-1-3-5-6;1-7-5-3-2-4-6-7;1-2-4-6-5-3-1/h1-5H,(H,8,9);2-6H,1H3;1-6H. The molecule has 112 valence electrons. The topological polar surface area (TPSA) is 37.3 Å². The van der Waals surface area contributed by atoms with Crippen molar-refractivity contribution >= 4 is 5.97 Å². The summed E-state index contributed by atoms with van der Waals surface area (Å²) in [7, 11) is 0. The zero-order valence-corrected chi connectivity index (χ0v) is 12.6. The van der Waals surface area contributed by atoms with Crippen molar-refractivity contribution in [3.63, 3.8) is 0 Å². The molecule has 0 saturated carbocycles. The van der Waals surface area contributed by atoms with Crippen LogP contribution in [-0.2, 0) is 0 Å². The molecule has 0 unspecified atom stereocenters. The Hall–Kier alpha value is -2.87. The summed E-state index contributed by atoms with van der Waals surface area (Å²) in [4.78, 5) is 10.2. The zero-order valence-electron chi connectivity index (χ0n) is 12.6. The number of carboxylic acid groups (broad SMARTS) is 1. The number of aromatic carboxylic acids is 1. The van der Waals surface area contributed by atoms with Crippen molar-refractivity contribution < 1.29 is 9.90 Å². The Balaban J connectivity index is 0.000000169. The molecule has 0 aliphatic heterocycles. The predicted molar refractivity (Wildman–Crippen MR) is 91.0 cm³/mol. The van der Waals surface area contributed by atoms with Crippen LogP contribution in [0.1, 0.15) is 15.9 Å². The third kappa shape index (κ3) is 8.33. The maximum absolute atomic E-state index is 10.2. The van der Waals surface area contributed by atoms with Gasteiger partial charge in [-0.3, -0.25) is 0 Å². The fourth-order valence-corrected chi connectivity index (χ4v) is 1.50. The Bertz CT molecular complexity index is 593. The quantitative estimate of drug-likeness (QED) is 0.680. The van der Waals surface area contributed by atoms with E-state index in [0.717, 1.165) is 0 Å². The second-order valence-corrected chi connectivity index (χ2v) is 4.48. The van der Waals surface area contributed by atoms with Crippen molar-refractivity contribution in [3.8, 4) is 0 Å². The molecule has 0 heterocycles. The number of aryl methyl sites for hydroxylation is 1. The minimum absolute atomic E-state index is 0.331. The molecule has 2 heteroatoms. The lowest BCUT2D eigenvalue weighted by atomic mass is 10.2. The average molecular weight is 292 g/mol. The van der Waals surface area contributed by atoms with Crippen LogP contribution in [0.2, 0.25) is 0 Å². The molecule has 0 spiro atoms. The van der Waals surface area contributed by atoms with Crippen molar-refractivity contribution in [2.24, 2.45) is 0 Å². The van der Waals surface area contributed by atoms with Gasteiger partial charge in [0.05, 0.1) is 5.56 Å². The molecule has 3 rings (SSSR count). The lowest BCUT2D eigenvalue weighted by molar-refractivity contribution is 0.0697. The van der Waals surface area contributed by atoms with Crippen LogP contribution in [0, 0.1) is 6.92 Å². The fraction of sp³-hybridized carbons (Fsp3) is 0.0500.